The molecule has 1 aliphatic rings. The van der Waals surface area contributed by atoms with Gasteiger partial charge in [0.1, 0.15) is 0 Å². The third-order valence-corrected chi connectivity index (χ3v) is 4.51. The minimum absolute atomic E-state index is 0.282. The molecule has 0 spiro atoms. The van der Waals surface area contributed by atoms with Gasteiger partial charge in [-0.2, -0.15) is 4.31 Å². The van der Waals surface area contributed by atoms with Crippen LogP contribution in [0.15, 0.2) is 35.0 Å². The van der Waals surface area contributed by atoms with Crippen LogP contribution >= 0.6 is 0 Å². The molecule has 0 N–H and O–H groups in total. The zero-order chi connectivity index (χ0) is 12.5. The number of nitrogens with zero attached hydrogens (tertiary/aromatic N) is 2. The lowest BCUT2D eigenvalue weighted by Gasteiger charge is -2.24. The summed E-state index contributed by atoms with van der Waals surface area (Å²) in [7, 11) is -3.81. The van der Waals surface area contributed by atoms with Gasteiger partial charge in [0.25, 0.3) is 10.0 Å². The van der Waals surface area contributed by atoms with Crippen molar-refractivity contribution in [1.82, 2.24) is 9.29 Å². The molecule has 1 aromatic heterocycles. The third kappa shape index (κ3) is 2.37. The fraction of sp³-hybridized carbons (Fsp3) is 0.364. The van der Waals surface area contributed by atoms with E-state index in [9.17, 15) is 12.8 Å². The van der Waals surface area contributed by atoms with Crippen molar-refractivity contribution in [2.75, 3.05) is 13.1 Å². The molecule has 0 amide bonds. The Kier molecular flexibility index (Phi) is 3.26. The summed E-state index contributed by atoms with van der Waals surface area (Å²) < 4.78 is 38.9. The highest BCUT2D eigenvalue weighted by Gasteiger charge is 2.29. The Morgan fingerprint density at radius 2 is 2.24 bits per heavy atom. The highest BCUT2D eigenvalue weighted by Crippen LogP contribution is 2.20. The summed E-state index contributed by atoms with van der Waals surface area (Å²) in [5, 5.41) is -0.493. The largest absolute Gasteiger partial charge is 0.263 e. The number of sulfonamides is 1. The first-order valence-corrected chi connectivity index (χ1v) is 6.72. The maximum atomic E-state index is 13.4. The van der Waals surface area contributed by atoms with Gasteiger partial charge >= 0.3 is 0 Å². The molecule has 1 aliphatic heterocycles. The zero-order valence-corrected chi connectivity index (χ0v) is 10.2. The molecule has 0 saturated heterocycles. The van der Waals surface area contributed by atoms with Gasteiger partial charge in [-0.3, -0.25) is 0 Å². The molecule has 0 atom stereocenters. The summed E-state index contributed by atoms with van der Waals surface area (Å²) in [6, 6.07) is 2.47. The lowest BCUT2D eigenvalue weighted by atomic mass is 10.1. The van der Waals surface area contributed by atoms with Gasteiger partial charge in [-0.25, -0.2) is 17.8 Å². The van der Waals surface area contributed by atoms with Crippen LogP contribution in [0.3, 0.4) is 0 Å². The number of halogens is 1. The molecule has 6 heteroatoms. The second-order valence-corrected chi connectivity index (χ2v) is 5.81. The standard InChI is InChI=1S/C11H13FN2O2S/c1-9-4-7-14(8-5-9)17(15,16)11-10(12)3-2-6-13-11/h2-4,6H,5,7-8H2,1H3. The van der Waals surface area contributed by atoms with Crippen molar-refractivity contribution in [2.24, 2.45) is 0 Å². The van der Waals surface area contributed by atoms with Crippen LogP contribution in [0.5, 0.6) is 0 Å². The third-order valence-electron chi connectivity index (χ3n) is 2.71. The molecule has 0 bridgehead atoms. The summed E-state index contributed by atoms with van der Waals surface area (Å²) in [4.78, 5) is 3.62. The molecule has 0 aliphatic carbocycles. The minimum atomic E-state index is -3.81. The van der Waals surface area contributed by atoms with Gasteiger partial charge in [-0.1, -0.05) is 11.6 Å². The van der Waals surface area contributed by atoms with Crippen LogP contribution < -0.4 is 0 Å². The molecule has 0 saturated carbocycles. The maximum absolute atomic E-state index is 13.4. The molecule has 92 valence electrons. The Morgan fingerprint density at radius 1 is 1.47 bits per heavy atom. The predicted molar refractivity (Wildman–Crippen MR) is 61.3 cm³/mol. The molecule has 2 heterocycles. The van der Waals surface area contributed by atoms with Crippen molar-refractivity contribution in [3.05, 3.63) is 35.8 Å². The Morgan fingerprint density at radius 3 is 2.82 bits per heavy atom. The van der Waals surface area contributed by atoms with E-state index in [4.69, 9.17) is 0 Å². The summed E-state index contributed by atoms with van der Waals surface area (Å²) in [5.41, 5.74) is 1.15. The summed E-state index contributed by atoms with van der Waals surface area (Å²) >= 11 is 0. The van der Waals surface area contributed by atoms with Gasteiger partial charge in [-0.15, -0.1) is 0 Å². The summed E-state index contributed by atoms with van der Waals surface area (Å²) in [6.45, 7) is 2.61. The first kappa shape index (κ1) is 12.2. The van der Waals surface area contributed by atoms with Crippen molar-refractivity contribution in [3.63, 3.8) is 0 Å². The van der Waals surface area contributed by atoms with Gasteiger partial charge in [-0.05, 0) is 25.5 Å². The molecular formula is C11H13FN2O2S. The van der Waals surface area contributed by atoms with E-state index in [0.29, 0.717) is 13.0 Å². The average Bonchev–Trinajstić information content (AvgIpc) is 2.30. The first-order chi connectivity index (χ1) is 8.01. The van der Waals surface area contributed by atoms with Crippen molar-refractivity contribution >= 4 is 10.0 Å². The van der Waals surface area contributed by atoms with E-state index in [1.807, 2.05) is 13.0 Å². The van der Waals surface area contributed by atoms with Gasteiger partial charge in [0.15, 0.2) is 5.82 Å². The highest BCUT2D eigenvalue weighted by molar-refractivity contribution is 7.89. The molecule has 0 radical (unpaired) electrons. The van der Waals surface area contributed by atoms with E-state index in [0.717, 1.165) is 11.6 Å². The Hall–Kier alpha value is -1.27. The number of rotatable bonds is 2. The van der Waals surface area contributed by atoms with Crippen LogP contribution in [0.1, 0.15) is 13.3 Å². The van der Waals surface area contributed by atoms with E-state index >= 15 is 0 Å². The van der Waals surface area contributed by atoms with Gasteiger partial charge in [0.05, 0.1) is 0 Å². The number of pyridine rings is 1. The molecule has 0 fully saturated rings. The van der Waals surface area contributed by atoms with Crippen molar-refractivity contribution < 1.29 is 12.8 Å². The fourth-order valence-corrected chi connectivity index (χ4v) is 3.01. The molecule has 4 nitrogen and oxygen atoms in total. The van der Waals surface area contributed by atoms with Crippen LogP contribution in [0.2, 0.25) is 0 Å². The molecule has 0 unspecified atom stereocenters. The molecule has 1 aromatic rings. The van der Waals surface area contributed by atoms with Crippen LogP contribution in [-0.4, -0.2) is 30.8 Å². The average molecular weight is 256 g/mol. The van der Waals surface area contributed by atoms with E-state index in [-0.39, 0.29) is 6.54 Å². The fourth-order valence-electron chi connectivity index (χ4n) is 1.65. The second kappa shape index (κ2) is 4.54. The van der Waals surface area contributed by atoms with Gasteiger partial charge < -0.3 is 0 Å². The van der Waals surface area contributed by atoms with Crippen molar-refractivity contribution in [2.45, 2.75) is 18.4 Å². The van der Waals surface area contributed by atoms with Gasteiger partial charge in [0, 0.05) is 19.3 Å². The normalized spacial score (nSPS) is 17.9. The first-order valence-electron chi connectivity index (χ1n) is 5.28. The zero-order valence-electron chi connectivity index (χ0n) is 9.43. The topological polar surface area (TPSA) is 50.3 Å². The molecular weight excluding hydrogens is 243 g/mol. The van der Waals surface area contributed by atoms with Crippen LogP contribution in [0, 0.1) is 5.82 Å². The lowest BCUT2D eigenvalue weighted by molar-refractivity contribution is 0.423. The Bertz CT molecular complexity index is 554. The predicted octanol–water partition coefficient (Wildman–Crippen LogP) is 1.56. The van der Waals surface area contributed by atoms with E-state index in [2.05, 4.69) is 4.98 Å². The maximum Gasteiger partial charge on any atom is 0.263 e. The number of hydrogen-bond acceptors (Lipinski definition) is 3. The molecule has 17 heavy (non-hydrogen) atoms. The quantitative estimate of drug-likeness (QED) is 0.755. The molecule has 0 aromatic carbocycles. The Balaban J connectivity index is 2.35. The number of aromatic nitrogens is 1. The smallest absolute Gasteiger partial charge is 0.241 e. The van der Waals surface area contributed by atoms with Crippen molar-refractivity contribution in [1.29, 1.82) is 0 Å². The van der Waals surface area contributed by atoms with E-state index in [1.165, 1.54) is 16.6 Å². The summed E-state index contributed by atoms with van der Waals surface area (Å²) in [6.07, 6.45) is 3.79. The summed E-state index contributed by atoms with van der Waals surface area (Å²) in [5.74, 6) is -0.807. The lowest BCUT2D eigenvalue weighted by Crippen LogP contribution is -2.35. The van der Waals surface area contributed by atoms with Crippen LogP contribution in [-0.2, 0) is 10.0 Å². The van der Waals surface area contributed by atoms with E-state index in [1.54, 1.807) is 0 Å². The number of hydrogen-bond donors (Lipinski definition) is 0. The highest BCUT2D eigenvalue weighted by atomic mass is 32.2. The molecule has 2 rings (SSSR count). The van der Waals surface area contributed by atoms with Crippen LogP contribution in [0.25, 0.3) is 0 Å². The monoisotopic (exact) mass is 256 g/mol. The SMILES string of the molecule is CC1=CCN(S(=O)(=O)c2ncccc2F)CC1. The second-order valence-electron chi connectivity index (χ2n) is 3.95. The Labute approximate surface area is 99.8 Å². The van der Waals surface area contributed by atoms with E-state index < -0.39 is 20.9 Å². The van der Waals surface area contributed by atoms with Crippen LogP contribution in [0.4, 0.5) is 4.39 Å². The minimum Gasteiger partial charge on any atom is -0.241 e. The van der Waals surface area contributed by atoms with Gasteiger partial charge in [0.2, 0.25) is 5.03 Å². The van der Waals surface area contributed by atoms with Crippen molar-refractivity contribution in [3.8, 4) is 0 Å².